The molecule has 0 atom stereocenters. The summed E-state index contributed by atoms with van der Waals surface area (Å²) in [4.78, 5) is 30.2. The number of hydrogen-bond acceptors (Lipinski definition) is 5. The molecule has 0 radical (unpaired) electrons. The molecule has 1 N–H and O–H groups in total. The zero-order valence-corrected chi connectivity index (χ0v) is 12.6. The summed E-state index contributed by atoms with van der Waals surface area (Å²) in [5.41, 5.74) is 0.642. The first kappa shape index (κ1) is 15.0. The first-order valence-electron chi connectivity index (χ1n) is 7.24. The number of hydrogen-bond donors (Lipinski definition) is 1. The molecule has 4 aromatic heterocycles. The van der Waals surface area contributed by atoms with Crippen molar-refractivity contribution in [2.24, 2.45) is 0 Å². The molecular formula is C17H9F2N5O. The van der Waals surface area contributed by atoms with E-state index in [1.54, 1.807) is 12.1 Å². The molecule has 8 heteroatoms. The minimum Gasteiger partial charge on any atom is -0.305 e. The zero-order valence-electron chi connectivity index (χ0n) is 12.6. The molecule has 0 unspecified atom stereocenters. The average molecular weight is 337 g/mol. The Labute approximate surface area is 139 Å². The lowest BCUT2D eigenvalue weighted by Gasteiger charge is -2.11. The van der Waals surface area contributed by atoms with Gasteiger partial charge >= 0.3 is 0 Å². The minimum absolute atomic E-state index is 0.0168. The fourth-order valence-electron chi connectivity index (χ4n) is 2.49. The highest BCUT2D eigenvalue weighted by atomic mass is 19.1. The van der Waals surface area contributed by atoms with E-state index < -0.39 is 11.6 Å². The molecule has 4 aromatic rings. The van der Waals surface area contributed by atoms with E-state index in [0.717, 1.165) is 12.4 Å². The van der Waals surface area contributed by atoms with Gasteiger partial charge in [0.1, 0.15) is 11.2 Å². The van der Waals surface area contributed by atoms with E-state index in [0.29, 0.717) is 11.1 Å². The van der Waals surface area contributed by atoms with Crippen molar-refractivity contribution >= 4 is 11.2 Å². The Morgan fingerprint density at radius 3 is 2.28 bits per heavy atom. The topological polar surface area (TPSA) is 84.4 Å². The van der Waals surface area contributed by atoms with E-state index in [1.807, 2.05) is 0 Å². The summed E-state index contributed by atoms with van der Waals surface area (Å²) in [6.07, 6.45) is 4.87. The van der Waals surface area contributed by atoms with Crippen LogP contribution in [0.5, 0.6) is 0 Å². The van der Waals surface area contributed by atoms with Crippen molar-refractivity contribution in [1.29, 1.82) is 0 Å². The number of fused-ring (bicyclic) bond motifs is 1. The van der Waals surface area contributed by atoms with Crippen molar-refractivity contribution in [3.63, 3.8) is 0 Å². The van der Waals surface area contributed by atoms with Crippen LogP contribution in [0, 0.1) is 11.6 Å². The van der Waals surface area contributed by atoms with Crippen LogP contribution in [0.4, 0.5) is 8.78 Å². The van der Waals surface area contributed by atoms with Crippen LogP contribution in [0.2, 0.25) is 0 Å². The van der Waals surface area contributed by atoms with Crippen LogP contribution in [0.25, 0.3) is 33.7 Å². The van der Waals surface area contributed by atoms with E-state index in [9.17, 15) is 13.6 Å². The third kappa shape index (κ3) is 2.63. The SMILES string of the molecule is O=c1ccc2nc(-c3c(F)cncc3F)c(-c3ccncc3)nc2[nH]1. The Bertz CT molecular complexity index is 1120. The summed E-state index contributed by atoms with van der Waals surface area (Å²) in [6, 6.07) is 5.99. The maximum absolute atomic E-state index is 14.3. The monoisotopic (exact) mass is 337 g/mol. The Hall–Kier alpha value is -3.55. The third-order valence-electron chi connectivity index (χ3n) is 3.60. The number of rotatable bonds is 2. The standard InChI is InChI=1S/C17H9F2N5O/c18-10-7-21-8-11(19)14(10)16-15(9-3-5-20-6-4-9)24-17-12(22-16)1-2-13(25)23-17/h1-8H,(H,23,24,25). The lowest BCUT2D eigenvalue weighted by atomic mass is 10.0. The molecular weight excluding hydrogens is 328 g/mol. The number of aromatic nitrogens is 5. The average Bonchev–Trinajstić information content (AvgIpc) is 2.62. The lowest BCUT2D eigenvalue weighted by molar-refractivity contribution is 0.578. The Balaban J connectivity index is 2.12. The number of pyridine rings is 3. The quantitative estimate of drug-likeness (QED) is 0.608. The van der Waals surface area contributed by atoms with Gasteiger partial charge in [0.25, 0.3) is 0 Å². The van der Waals surface area contributed by atoms with Gasteiger partial charge in [-0.15, -0.1) is 0 Å². The first-order chi connectivity index (χ1) is 12.1. The molecule has 0 aliphatic rings. The van der Waals surface area contributed by atoms with Crippen molar-refractivity contribution in [3.05, 3.63) is 71.0 Å². The Kier molecular flexibility index (Phi) is 3.50. The summed E-state index contributed by atoms with van der Waals surface area (Å²) in [5, 5.41) is 0. The van der Waals surface area contributed by atoms with Crippen LogP contribution >= 0.6 is 0 Å². The molecule has 0 bridgehead atoms. The second-order valence-electron chi connectivity index (χ2n) is 5.19. The summed E-state index contributed by atoms with van der Waals surface area (Å²) >= 11 is 0. The van der Waals surface area contributed by atoms with Crippen LogP contribution in [-0.2, 0) is 0 Å². The zero-order chi connectivity index (χ0) is 17.4. The van der Waals surface area contributed by atoms with Gasteiger partial charge in [0.15, 0.2) is 17.3 Å². The van der Waals surface area contributed by atoms with Gasteiger partial charge in [-0.2, -0.15) is 0 Å². The molecule has 0 amide bonds. The van der Waals surface area contributed by atoms with Crippen LogP contribution in [0.3, 0.4) is 0 Å². The van der Waals surface area contributed by atoms with Crippen molar-refractivity contribution in [3.8, 4) is 22.5 Å². The van der Waals surface area contributed by atoms with E-state index in [4.69, 9.17) is 0 Å². The molecule has 0 aliphatic carbocycles. The maximum atomic E-state index is 14.3. The molecule has 122 valence electrons. The smallest absolute Gasteiger partial charge is 0.249 e. The molecule has 0 saturated carbocycles. The van der Waals surface area contributed by atoms with Crippen molar-refractivity contribution in [2.45, 2.75) is 0 Å². The van der Waals surface area contributed by atoms with Crippen LogP contribution in [-0.4, -0.2) is 24.9 Å². The van der Waals surface area contributed by atoms with Crippen LogP contribution < -0.4 is 5.56 Å². The van der Waals surface area contributed by atoms with Gasteiger partial charge in [0, 0.05) is 24.0 Å². The first-order valence-corrected chi connectivity index (χ1v) is 7.24. The van der Waals surface area contributed by atoms with Crippen molar-refractivity contribution < 1.29 is 8.78 Å². The predicted octanol–water partition coefficient (Wildman–Crippen LogP) is 2.72. The van der Waals surface area contributed by atoms with E-state index in [-0.39, 0.29) is 28.2 Å². The minimum atomic E-state index is -0.853. The molecule has 25 heavy (non-hydrogen) atoms. The Morgan fingerprint density at radius 1 is 0.840 bits per heavy atom. The predicted molar refractivity (Wildman–Crippen MR) is 86.5 cm³/mol. The van der Waals surface area contributed by atoms with Gasteiger partial charge in [0.05, 0.1) is 23.7 Å². The molecule has 0 saturated heterocycles. The highest BCUT2D eigenvalue weighted by molar-refractivity contribution is 5.84. The van der Waals surface area contributed by atoms with E-state index >= 15 is 0 Å². The molecule has 4 rings (SSSR count). The van der Waals surface area contributed by atoms with Gasteiger partial charge in [-0.25, -0.2) is 18.7 Å². The third-order valence-corrected chi connectivity index (χ3v) is 3.60. The lowest BCUT2D eigenvalue weighted by Crippen LogP contribution is -2.07. The largest absolute Gasteiger partial charge is 0.305 e. The normalized spacial score (nSPS) is 11.0. The number of nitrogens with zero attached hydrogens (tertiary/aromatic N) is 4. The summed E-state index contributed by atoms with van der Waals surface area (Å²) in [7, 11) is 0. The molecule has 4 heterocycles. The second kappa shape index (κ2) is 5.82. The van der Waals surface area contributed by atoms with Crippen molar-refractivity contribution in [2.75, 3.05) is 0 Å². The molecule has 0 aliphatic heterocycles. The van der Waals surface area contributed by atoms with Gasteiger partial charge in [0.2, 0.25) is 5.56 Å². The fourth-order valence-corrected chi connectivity index (χ4v) is 2.49. The van der Waals surface area contributed by atoms with Gasteiger partial charge < -0.3 is 4.98 Å². The molecule has 0 fully saturated rings. The molecule has 0 spiro atoms. The maximum Gasteiger partial charge on any atom is 0.249 e. The summed E-state index contributed by atoms with van der Waals surface area (Å²) in [5.74, 6) is -1.71. The van der Waals surface area contributed by atoms with E-state index in [2.05, 4.69) is 24.9 Å². The summed E-state index contributed by atoms with van der Waals surface area (Å²) < 4.78 is 28.5. The number of halogens is 2. The van der Waals surface area contributed by atoms with Gasteiger partial charge in [-0.1, -0.05) is 0 Å². The molecule has 0 aromatic carbocycles. The Morgan fingerprint density at radius 2 is 1.56 bits per heavy atom. The number of nitrogens with one attached hydrogen (secondary N) is 1. The van der Waals surface area contributed by atoms with Crippen molar-refractivity contribution in [1.82, 2.24) is 24.9 Å². The number of aromatic amines is 1. The second-order valence-corrected chi connectivity index (χ2v) is 5.19. The van der Waals surface area contributed by atoms with Crippen LogP contribution in [0.1, 0.15) is 0 Å². The summed E-state index contributed by atoms with van der Waals surface area (Å²) in [6.45, 7) is 0. The number of H-pyrrole nitrogens is 1. The van der Waals surface area contributed by atoms with Gasteiger partial charge in [-0.3, -0.25) is 14.8 Å². The highest BCUT2D eigenvalue weighted by Crippen LogP contribution is 2.32. The highest BCUT2D eigenvalue weighted by Gasteiger charge is 2.20. The molecule has 6 nitrogen and oxygen atoms in total. The fraction of sp³-hybridized carbons (Fsp3) is 0. The van der Waals surface area contributed by atoms with Gasteiger partial charge in [-0.05, 0) is 18.2 Å². The van der Waals surface area contributed by atoms with E-state index in [1.165, 1.54) is 24.5 Å². The van der Waals surface area contributed by atoms with Crippen LogP contribution in [0.15, 0.2) is 53.8 Å².